The number of carboxylic acid groups (broad SMARTS) is 1. The fraction of sp³-hybridized carbons (Fsp3) is 0.200. The molecule has 0 saturated carbocycles. The summed E-state index contributed by atoms with van der Waals surface area (Å²) in [4.78, 5) is 21.8. The van der Waals surface area contributed by atoms with Crippen LogP contribution in [-0.4, -0.2) is 16.9 Å². The van der Waals surface area contributed by atoms with Gasteiger partial charge in [0.15, 0.2) is 5.78 Å². The van der Waals surface area contributed by atoms with Crippen molar-refractivity contribution in [3.8, 4) is 0 Å². The molecule has 1 N–H and O–H groups in total. The van der Waals surface area contributed by atoms with Crippen LogP contribution in [0.5, 0.6) is 0 Å². The van der Waals surface area contributed by atoms with Crippen molar-refractivity contribution in [2.45, 2.75) is 12.8 Å². The van der Waals surface area contributed by atoms with Gasteiger partial charge in [0.2, 0.25) is 0 Å². The van der Waals surface area contributed by atoms with Crippen molar-refractivity contribution in [1.82, 2.24) is 0 Å². The maximum absolute atomic E-state index is 11.5. The Kier molecular flexibility index (Phi) is 4.12. The summed E-state index contributed by atoms with van der Waals surface area (Å²) >= 11 is 11.5. The van der Waals surface area contributed by atoms with E-state index < -0.39 is 5.97 Å². The van der Waals surface area contributed by atoms with Gasteiger partial charge in [0.05, 0.1) is 11.4 Å². The quantitative estimate of drug-likeness (QED) is 0.832. The molecule has 3 nitrogen and oxygen atoms in total. The third-order valence-electron chi connectivity index (χ3n) is 1.79. The highest BCUT2D eigenvalue weighted by Crippen LogP contribution is 2.22. The summed E-state index contributed by atoms with van der Waals surface area (Å²) < 4.78 is 0. The Bertz CT molecular complexity index is 402. The van der Waals surface area contributed by atoms with Crippen LogP contribution >= 0.6 is 23.2 Å². The van der Waals surface area contributed by atoms with Crippen molar-refractivity contribution < 1.29 is 14.7 Å². The molecule has 0 unspecified atom stereocenters. The SMILES string of the molecule is O=C(O)CCC(=O)c1cc(Cl)ccc1Cl. The molecule has 5 heteroatoms. The lowest BCUT2D eigenvalue weighted by Crippen LogP contribution is -2.04. The van der Waals surface area contributed by atoms with E-state index in [1.807, 2.05) is 0 Å². The largest absolute Gasteiger partial charge is 0.481 e. The number of carbonyl (C=O) groups is 2. The van der Waals surface area contributed by atoms with Crippen molar-refractivity contribution >= 4 is 35.0 Å². The summed E-state index contributed by atoms with van der Waals surface area (Å²) in [7, 11) is 0. The first kappa shape index (κ1) is 12.0. The summed E-state index contributed by atoms with van der Waals surface area (Å²) in [6, 6.07) is 4.52. The fourth-order valence-electron chi connectivity index (χ4n) is 1.07. The maximum Gasteiger partial charge on any atom is 0.303 e. The van der Waals surface area contributed by atoms with Gasteiger partial charge in [-0.15, -0.1) is 0 Å². The van der Waals surface area contributed by atoms with Crippen molar-refractivity contribution in [2.24, 2.45) is 0 Å². The molecule has 0 saturated heterocycles. The summed E-state index contributed by atoms with van der Waals surface area (Å²) in [5.74, 6) is -1.33. The second-order valence-corrected chi connectivity index (χ2v) is 3.78. The van der Waals surface area contributed by atoms with Gasteiger partial charge in [-0.2, -0.15) is 0 Å². The van der Waals surface area contributed by atoms with Gasteiger partial charge in [-0.25, -0.2) is 0 Å². The number of hydrogen-bond donors (Lipinski definition) is 1. The Morgan fingerprint density at radius 1 is 1.20 bits per heavy atom. The van der Waals surface area contributed by atoms with Gasteiger partial charge < -0.3 is 5.11 Å². The van der Waals surface area contributed by atoms with Crippen molar-refractivity contribution in [3.63, 3.8) is 0 Å². The van der Waals surface area contributed by atoms with E-state index in [2.05, 4.69) is 0 Å². The standard InChI is InChI=1S/C10H8Cl2O3/c11-6-1-2-8(12)7(5-6)9(13)3-4-10(14)15/h1-2,5H,3-4H2,(H,14,15). The van der Waals surface area contributed by atoms with Crippen molar-refractivity contribution in [3.05, 3.63) is 33.8 Å². The molecule has 0 aliphatic heterocycles. The molecule has 0 spiro atoms. The molecule has 0 amide bonds. The van der Waals surface area contributed by atoms with Gasteiger partial charge in [-0.05, 0) is 18.2 Å². The second kappa shape index (κ2) is 5.14. The Balaban J connectivity index is 2.81. The number of halogens is 2. The molecular formula is C10H8Cl2O3. The van der Waals surface area contributed by atoms with Crippen LogP contribution < -0.4 is 0 Å². The smallest absolute Gasteiger partial charge is 0.303 e. The van der Waals surface area contributed by atoms with E-state index >= 15 is 0 Å². The molecule has 0 aliphatic rings. The van der Waals surface area contributed by atoms with Gasteiger partial charge in [0, 0.05) is 17.0 Å². The van der Waals surface area contributed by atoms with E-state index in [9.17, 15) is 9.59 Å². The Hall–Kier alpha value is -1.06. The minimum Gasteiger partial charge on any atom is -0.481 e. The normalized spacial score (nSPS) is 10.0. The molecule has 0 radical (unpaired) electrons. The predicted molar refractivity (Wildman–Crippen MR) is 57.7 cm³/mol. The molecule has 0 heterocycles. The highest BCUT2D eigenvalue weighted by atomic mass is 35.5. The Morgan fingerprint density at radius 2 is 1.87 bits per heavy atom. The molecule has 15 heavy (non-hydrogen) atoms. The zero-order valence-electron chi connectivity index (χ0n) is 7.67. The molecule has 0 fully saturated rings. The lowest BCUT2D eigenvalue weighted by atomic mass is 10.1. The third-order valence-corrected chi connectivity index (χ3v) is 2.36. The summed E-state index contributed by atoms with van der Waals surface area (Å²) in [5.41, 5.74) is 0.269. The third kappa shape index (κ3) is 3.53. The van der Waals surface area contributed by atoms with Crippen molar-refractivity contribution in [2.75, 3.05) is 0 Å². The first-order valence-electron chi connectivity index (χ1n) is 4.20. The molecule has 80 valence electrons. The number of hydrogen-bond acceptors (Lipinski definition) is 2. The zero-order valence-corrected chi connectivity index (χ0v) is 9.18. The number of rotatable bonds is 4. The molecular weight excluding hydrogens is 239 g/mol. The van der Waals surface area contributed by atoms with Crippen molar-refractivity contribution in [1.29, 1.82) is 0 Å². The van der Waals surface area contributed by atoms with Crippen LogP contribution in [-0.2, 0) is 4.79 Å². The second-order valence-electron chi connectivity index (χ2n) is 2.94. The predicted octanol–water partition coefficient (Wildman–Crippen LogP) is 3.04. The molecule has 0 atom stereocenters. The topological polar surface area (TPSA) is 54.4 Å². The molecule has 1 aromatic carbocycles. The highest BCUT2D eigenvalue weighted by molar-refractivity contribution is 6.35. The Labute approximate surface area is 96.6 Å². The molecule has 1 rings (SSSR count). The minimum absolute atomic E-state index is 0.0740. The number of ketones is 1. The zero-order chi connectivity index (χ0) is 11.4. The number of aliphatic carboxylic acids is 1. The molecule has 0 aromatic heterocycles. The summed E-state index contributed by atoms with van der Waals surface area (Å²) in [6.45, 7) is 0. The van der Waals surface area contributed by atoms with E-state index in [1.165, 1.54) is 12.1 Å². The van der Waals surface area contributed by atoms with Gasteiger partial charge in [-0.1, -0.05) is 23.2 Å². The maximum atomic E-state index is 11.5. The van der Waals surface area contributed by atoms with Crippen LogP contribution in [0.3, 0.4) is 0 Å². The monoisotopic (exact) mass is 246 g/mol. The number of Topliss-reactive ketones (excluding diaryl/α,β-unsaturated/α-hetero) is 1. The first-order chi connectivity index (χ1) is 7.00. The van der Waals surface area contributed by atoms with Gasteiger partial charge in [0.25, 0.3) is 0 Å². The van der Waals surface area contributed by atoms with E-state index in [0.29, 0.717) is 5.02 Å². The number of benzene rings is 1. The van der Waals surface area contributed by atoms with Crippen LogP contribution in [0.4, 0.5) is 0 Å². The Morgan fingerprint density at radius 3 is 2.47 bits per heavy atom. The van der Waals surface area contributed by atoms with Crippen LogP contribution in [0.25, 0.3) is 0 Å². The average molecular weight is 247 g/mol. The minimum atomic E-state index is -1.01. The fourth-order valence-corrected chi connectivity index (χ4v) is 1.46. The lowest BCUT2D eigenvalue weighted by molar-refractivity contribution is -0.136. The molecule has 1 aromatic rings. The van der Waals surface area contributed by atoms with Crippen LogP contribution in [0.2, 0.25) is 10.0 Å². The van der Waals surface area contributed by atoms with Crippen LogP contribution in [0, 0.1) is 0 Å². The van der Waals surface area contributed by atoms with E-state index in [0.717, 1.165) is 0 Å². The van der Waals surface area contributed by atoms with Gasteiger partial charge >= 0.3 is 5.97 Å². The van der Waals surface area contributed by atoms with Crippen LogP contribution in [0.1, 0.15) is 23.2 Å². The summed E-state index contributed by atoms with van der Waals surface area (Å²) in [5, 5.41) is 9.11. The lowest BCUT2D eigenvalue weighted by Gasteiger charge is -2.02. The van der Waals surface area contributed by atoms with Crippen LogP contribution in [0.15, 0.2) is 18.2 Å². The van der Waals surface area contributed by atoms with E-state index in [4.69, 9.17) is 28.3 Å². The molecule has 0 bridgehead atoms. The average Bonchev–Trinajstić information content (AvgIpc) is 2.18. The highest BCUT2D eigenvalue weighted by Gasteiger charge is 2.12. The molecule has 0 aliphatic carbocycles. The van der Waals surface area contributed by atoms with E-state index in [1.54, 1.807) is 6.07 Å². The number of carboxylic acids is 1. The van der Waals surface area contributed by atoms with Gasteiger partial charge in [0.1, 0.15) is 0 Å². The summed E-state index contributed by atoms with van der Waals surface area (Å²) in [6.07, 6.45) is -0.281. The van der Waals surface area contributed by atoms with Gasteiger partial charge in [-0.3, -0.25) is 9.59 Å². The first-order valence-corrected chi connectivity index (χ1v) is 4.96. The number of carbonyl (C=O) groups excluding carboxylic acids is 1. The van der Waals surface area contributed by atoms with E-state index in [-0.39, 0.29) is 29.2 Å².